The number of ether oxygens (including phenoxy) is 1. The van der Waals surface area contributed by atoms with Gasteiger partial charge in [0.1, 0.15) is 0 Å². The Hall–Kier alpha value is -1.82. The van der Waals surface area contributed by atoms with Gasteiger partial charge in [0, 0.05) is 18.3 Å². The van der Waals surface area contributed by atoms with Crippen molar-refractivity contribution >= 4 is 5.97 Å². The zero-order valence-corrected chi connectivity index (χ0v) is 9.40. The second-order valence-corrected chi connectivity index (χ2v) is 3.44. The van der Waals surface area contributed by atoms with Crippen molar-refractivity contribution in [2.24, 2.45) is 0 Å². The molecule has 0 N–H and O–H groups in total. The van der Waals surface area contributed by atoms with E-state index in [1.54, 1.807) is 12.3 Å². The summed E-state index contributed by atoms with van der Waals surface area (Å²) in [6.07, 6.45) is 10.4. The highest BCUT2D eigenvalue weighted by Crippen LogP contribution is 2.06. The molecule has 0 fully saturated rings. The second-order valence-electron chi connectivity index (χ2n) is 3.44. The highest BCUT2D eigenvalue weighted by molar-refractivity contribution is 5.88. The predicted molar refractivity (Wildman–Crippen MR) is 62.0 cm³/mol. The molecule has 0 spiro atoms. The van der Waals surface area contributed by atoms with Crippen LogP contribution in [0, 0.1) is 12.3 Å². The summed E-state index contributed by atoms with van der Waals surface area (Å²) in [5.41, 5.74) is 1.46. The lowest BCUT2D eigenvalue weighted by molar-refractivity contribution is 0.0600. The van der Waals surface area contributed by atoms with Crippen LogP contribution in [-0.2, 0) is 11.2 Å². The summed E-state index contributed by atoms with van der Waals surface area (Å²) in [7, 11) is 1.36. The zero-order chi connectivity index (χ0) is 11.8. The number of methoxy groups -OCH3 is 1. The third-order valence-electron chi connectivity index (χ3n) is 2.25. The minimum absolute atomic E-state index is 0.355. The van der Waals surface area contributed by atoms with Gasteiger partial charge in [0.25, 0.3) is 0 Å². The summed E-state index contributed by atoms with van der Waals surface area (Å²) in [6.45, 7) is 0. The van der Waals surface area contributed by atoms with Crippen LogP contribution in [0.3, 0.4) is 0 Å². The lowest BCUT2D eigenvalue weighted by atomic mass is 10.1. The lowest BCUT2D eigenvalue weighted by Crippen LogP contribution is -2.02. The summed E-state index contributed by atoms with van der Waals surface area (Å²) in [4.78, 5) is 15.3. The summed E-state index contributed by atoms with van der Waals surface area (Å²) in [6, 6.07) is 3.58. The molecule has 0 radical (unpaired) electrons. The SMILES string of the molecule is C#CCCCCc1ccc(C(=O)OC)cn1. The molecule has 0 unspecified atom stereocenters. The van der Waals surface area contributed by atoms with E-state index in [0.717, 1.165) is 31.4 Å². The molecule has 1 heterocycles. The maximum Gasteiger partial charge on any atom is 0.339 e. The zero-order valence-electron chi connectivity index (χ0n) is 9.40. The van der Waals surface area contributed by atoms with Gasteiger partial charge in [0.15, 0.2) is 0 Å². The van der Waals surface area contributed by atoms with E-state index in [0.29, 0.717) is 5.56 Å². The van der Waals surface area contributed by atoms with E-state index in [4.69, 9.17) is 6.42 Å². The number of aromatic nitrogens is 1. The third kappa shape index (κ3) is 3.74. The highest BCUT2D eigenvalue weighted by atomic mass is 16.5. The van der Waals surface area contributed by atoms with Crippen molar-refractivity contribution < 1.29 is 9.53 Å². The highest BCUT2D eigenvalue weighted by Gasteiger charge is 2.04. The molecular weight excluding hydrogens is 202 g/mol. The molecule has 3 nitrogen and oxygen atoms in total. The number of nitrogens with zero attached hydrogens (tertiary/aromatic N) is 1. The first-order valence-corrected chi connectivity index (χ1v) is 5.24. The van der Waals surface area contributed by atoms with E-state index in [1.807, 2.05) is 6.07 Å². The number of pyridine rings is 1. The summed E-state index contributed by atoms with van der Waals surface area (Å²) in [5, 5.41) is 0. The smallest absolute Gasteiger partial charge is 0.339 e. The van der Waals surface area contributed by atoms with Gasteiger partial charge in [-0.05, 0) is 31.4 Å². The monoisotopic (exact) mass is 217 g/mol. The average molecular weight is 217 g/mol. The average Bonchev–Trinajstić information content (AvgIpc) is 2.34. The number of carbonyl (C=O) groups excluding carboxylic acids is 1. The fourth-order valence-electron chi connectivity index (χ4n) is 1.34. The van der Waals surface area contributed by atoms with Crippen LogP contribution in [0.5, 0.6) is 0 Å². The molecule has 1 rings (SSSR count). The fraction of sp³-hybridized carbons (Fsp3) is 0.385. The van der Waals surface area contributed by atoms with Crippen LogP contribution >= 0.6 is 0 Å². The van der Waals surface area contributed by atoms with Gasteiger partial charge in [0.2, 0.25) is 0 Å². The Morgan fingerprint density at radius 3 is 2.88 bits per heavy atom. The number of rotatable bonds is 5. The van der Waals surface area contributed by atoms with Gasteiger partial charge in [-0.25, -0.2) is 4.79 Å². The molecule has 1 aromatic heterocycles. The van der Waals surface area contributed by atoms with Crippen molar-refractivity contribution in [1.82, 2.24) is 4.98 Å². The van der Waals surface area contributed by atoms with Gasteiger partial charge in [-0.15, -0.1) is 12.3 Å². The van der Waals surface area contributed by atoms with Crippen LogP contribution in [0.15, 0.2) is 18.3 Å². The Balaban J connectivity index is 2.46. The minimum atomic E-state index is -0.355. The van der Waals surface area contributed by atoms with Crippen molar-refractivity contribution in [3.8, 4) is 12.3 Å². The largest absolute Gasteiger partial charge is 0.465 e. The molecule has 0 atom stereocenters. The fourth-order valence-corrected chi connectivity index (χ4v) is 1.34. The van der Waals surface area contributed by atoms with Crippen molar-refractivity contribution in [3.05, 3.63) is 29.6 Å². The molecule has 0 amide bonds. The number of carbonyl (C=O) groups is 1. The predicted octanol–water partition coefficient (Wildman–Crippen LogP) is 2.21. The normalized spacial score (nSPS) is 9.50. The Morgan fingerprint density at radius 2 is 2.31 bits per heavy atom. The molecule has 3 heteroatoms. The Morgan fingerprint density at radius 1 is 1.50 bits per heavy atom. The standard InChI is InChI=1S/C13H15NO2/c1-3-4-5-6-7-12-9-8-11(10-14-12)13(15)16-2/h1,8-10H,4-7H2,2H3. The Kier molecular flexibility index (Phi) is 5.07. The maximum atomic E-state index is 11.1. The molecule has 0 bridgehead atoms. The molecule has 16 heavy (non-hydrogen) atoms. The number of terminal acetylenes is 1. The quantitative estimate of drug-likeness (QED) is 0.431. The molecule has 1 aromatic rings. The van der Waals surface area contributed by atoms with E-state index in [-0.39, 0.29) is 5.97 Å². The number of hydrogen-bond acceptors (Lipinski definition) is 3. The van der Waals surface area contributed by atoms with Crippen molar-refractivity contribution in [3.63, 3.8) is 0 Å². The van der Waals surface area contributed by atoms with E-state index >= 15 is 0 Å². The van der Waals surface area contributed by atoms with Gasteiger partial charge in [-0.2, -0.15) is 0 Å². The van der Waals surface area contributed by atoms with E-state index in [9.17, 15) is 4.79 Å². The van der Waals surface area contributed by atoms with Crippen LogP contribution < -0.4 is 0 Å². The first kappa shape index (κ1) is 12.3. The molecule has 0 aromatic carbocycles. The molecular formula is C13H15NO2. The Bertz CT molecular complexity index is 376. The van der Waals surface area contributed by atoms with Gasteiger partial charge < -0.3 is 4.74 Å². The molecule has 0 aliphatic rings. The molecule has 0 aliphatic carbocycles. The van der Waals surface area contributed by atoms with Crippen molar-refractivity contribution in [1.29, 1.82) is 0 Å². The second kappa shape index (κ2) is 6.62. The van der Waals surface area contributed by atoms with Gasteiger partial charge >= 0.3 is 5.97 Å². The van der Waals surface area contributed by atoms with E-state index in [2.05, 4.69) is 15.6 Å². The van der Waals surface area contributed by atoms with Gasteiger partial charge in [0.05, 0.1) is 12.7 Å². The Labute approximate surface area is 95.8 Å². The van der Waals surface area contributed by atoms with Crippen LogP contribution in [0.1, 0.15) is 35.3 Å². The van der Waals surface area contributed by atoms with Crippen molar-refractivity contribution in [2.75, 3.05) is 7.11 Å². The number of hydrogen-bond donors (Lipinski definition) is 0. The van der Waals surface area contributed by atoms with Gasteiger partial charge in [-0.3, -0.25) is 4.98 Å². The number of unbranched alkanes of at least 4 members (excludes halogenated alkanes) is 2. The summed E-state index contributed by atoms with van der Waals surface area (Å²) in [5.74, 6) is 2.25. The number of esters is 1. The third-order valence-corrected chi connectivity index (χ3v) is 2.25. The van der Waals surface area contributed by atoms with Crippen LogP contribution in [-0.4, -0.2) is 18.1 Å². The first-order chi connectivity index (χ1) is 7.77. The van der Waals surface area contributed by atoms with Crippen LogP contribution in [0.2, 0.25) is 0 Å². The lowest BCUT2D eigenvalue weighted by Gasteiger charge is -2.01. The van der Waals surface area contributed by atoms with Crippen molar-refractivity contribution in [2.45, 2.75) is 25.7 Å². The minimum Gasteiger partial charge on any atom is -0.465 e. The molecule has 0 saturated carbocycles. The van der Waals surface area contributed by atoms with E-state index in [1.165, 1.54) is 7.11 Å². The maximum absolute atomic E-state index is 11.1. The molecule has 84 valence electrons. The molecule has 0 aliphatic heterocycles. The summed E-state index contributed by atoms with van der Waals surface area (Å²) >= 11 is 0. The summed E-state index contributed by atoms with van der Waals surface area (Å²) < 4.78 is 4.59. The first-order valence-electron chi connectivity index (χ1n) is 5.24. The molecule has 0 saturated heterocycles. The number of aryl methyl sites for hydroxylation is 1. The van der Waals surface area contributed by atoms with Crippen LogP contribution in [0.4, 0.5) is 0 Å². The van der Waals surface area contributed by atoms with E-state index < -0.39 is 0 Å². The van der Waals surface area contributed by atoms with Crippen LogP contribution in [0.25, 0.3) is 0 Å². The topological polar surface area (TPSA) is 39.2 Å². The van der Waals surface area contributed by atoms with Gasteiger partial charge in [-0.1, -0.05) is 0 Å².